The largest absolute Gasteiger partial charge is 0.493 e. The fourth-order valence-corrected chi connectivity index (χ4v) is 1.43. The van der Waals surface area contributed by atoms with Gasteiger partial charge in [-0.3, -0.25) is 0 Å². The number of benzene rings is 1. The molecule has 78 valence electrons. The van der Waals surface area contributed by atoms with Crippen molar-refractivity contribution in [3.8, 4) is 5.75 Å². The number of hydrogen-bond donors (Lipinski definition) is 1. The summed E-state index contributed by atoms with van der Waals surface area (Å²) in [4.78, 5) is 0. The number of ether oxygens (including phenoxy) is 1. The lowest BCUT2D eigenvalue weighted by atomic mass is 10.1. The van der Waals surface area contributed by atoms with E-state index in [1.54, 1.807) is 0 Å². The van der Waals surface area contributed by atoms with Gasteiger partial charge in [-0.2, -0.15) is 0 Å². The predicted octanol–water partition coefficient (Wildman–Crippen LogP) is 3.13. The number of aryl methyl sites for hydroxylation is 2. The van der Waals surface area contributed by atoms with E-state index in [4.69, 9.17) is 4.74 Å². The highest BCUT2D eigenvalue weighted by Gasteiger charge is 2.03. The fourth-order valence-electron chi connectivity index (χ4n) is 1.43. The van der Waals surface area contributed by atoms with Crippen LogP contribution in [-0.2, 0) is 0 Å². The minimum absolute atomic E-state index is 0.791. The van der Waals surface area contributed by atoms with Crippen LogP contribution in [0.25, 0.3) is 0 Å². The molecule has 0 heterocycles. The maximum atomic E-state index is 5.64. The van der Waals surface area contributed by atoms with Crippen molar-refractivity contribution in [1.82, 2.24) is 0 Å². The molecule has 1 rings (SSSR count). The van der Waals surface area contributed by atoms with Gasteiger partial charge in [0.05, 0.1) is 6.61 Å². The number of nitrogens with one attached hydrogen (secondary N) is 1. The SMILES string of the molecule is CCCOc1cc(C)c(NC)cc1C. The van der Waals surface area contributed by atoms with Gasteiger partial charge in [0.2, 0.25) is 0 Å². The number of rotatable bonds is 4. The highest BCUT2D eigenvalue weighted by Crippen LogP contribution is 2.25. The van der Waals surface area contributed by atoms with Crippen LogP contribution < -0.4 is 10.1 Å². The van der Waals surface area contributed by atoms with E-state index in [1.165, 1.54) is 16.8 Å². The Balaban J connectivity index is 2.90. The van der Waals surface area contributed by atoms with E-state index in [0.29, 0.717) is 0 Å². The smallest absolute Gasteiger partial charge is 0.122 e. The zero-order valence-corrected chi connectivity index (χ0v) is 9.48. The summed E-state index contributed by atoms with van der Waals surface area (Å²) in [5, 5.41) is 3.16. The summed E-state index contributed by atoms with van der Waals surface area (Å²) in [6.07, 6.45) is 1.05. The van der Waals surface area contributed by atoms with Crippen LogP contribution in [0.15, 0.2) is 12.1 Å². The zero-order chi connectivity index (χ0) is 10.6. The van der Waals surface area contributed by atoms with Gasteiger partial charge in [-0.15, -0.1) is 0 Å². The molecule has 0 spiro atoms. The van der Waals surface area contributed by atoms with Gasteiger partial charge in [-0.1, -0.05) is 6.92 Å². The molecule has 2 heteroatoms. The van der Waals surface area contributed by atoms with Crippen molar-refractivity contribution in [1.29, 1.82) is 0 Å². The first kappa shape index (κ1) is 10.9. The first-order valence-corrected chi connectivity index (χ1v) is 5.10. The highest BCUT2D eigenvalue weighted by atomic mass is 16.5. The van der Waals surface area contributed by atoms with E-state index < -0.39 is 0 Å². The molecule has 0 aliphatic heterocycles. The number of hydrogen-bond acceptors (Lipinski definition) is 2. The summed E-state index contributed by atoms with van der Waals surface area (Å²) in [6.45, 7) is 7.07. The minimum atomic E-state index is 0.791. The monoisotopic (exact) mass is 193 g/mol. The van der Waals surface area contributed by atoms with E-state index in [-0.39, 0.29) is 0 Å². The third kappa shape index (κ3) is 2.41. The zero-order valence-electron chi connectivity index (χ0n) is 9.48. The van der Waals surface area contributed by atoms with Crippen LogP contribution in [0.1, 0.15) is 24.5 Å². The van der Waals surface area contributed by atoms with Gasteiger partial charge in [0.15, 0.2) is 0 Å². The maximum absolute atomic E-state index is 5.64. The highest BCUT2D eigenvalue weighted by molar-refractivity contribution is 5.56. The molecule has 0 aliphatic carbocycles. The van der Waals surface area contributed by atoms with E-state index in [2.05, 4.69) is 38.2 Å². The van der Waals surface area contributed by atoms with Crippen LogP contribution in [0.5, 0.6) is 5.75 Å². The molecule has 0 radical (unpaired) electrons. The fraction of sp³-hybridized carbons (Fsp3) is 0.500. The topological polar surface area (TPSA) is 21.3 Å². The summed E-state index contributed by atoms with van der Waals surface area (Å²) in [6, 6.07) is 4.22. The summed E-state index contributed by atoms with van der Waals surface area (Å²) >= 11 is 0. The van der Waals surface area contributed by atoms with Crippen LogP contribution in [0.3, 0.4) is 0 Å². The number of anilines is 1. The summed E-state index contributed by atoms with van der Waals surface area (Å²) in [7, 11) is 1.94. The lowest BCUT2D eigenvalue weighted by Crippen LogP contribution is -1.99. The molecule has 0 unspecified atom stereocenters. The standard InChI is InChI=1S/C12H19NO/c1-5-6-14-12-8-9(2)11(13-4)7-10(12)3/h7-8,13H,5-6H2,1-4H3. The second kappa shape index (κ2) is 4.89. The van der Waals surface area contributed by atoms with Gasteiger partial charge in [-0.25, -0.2) is 0 Å². The molecule has 0 bridgehead atoms. The molecule has 0 aromatic heterocycles. The summed E-state index contributed by atoms with van der Waals surface area (Å²) < 4.78 is 5.64. The third-order valence-corrected chi connectivity index (χ3v) is 2.25. The average molecular weight is 193 g/mol. The van der Waals surface area contributed by atoms with Gasteiger partial charge in [0.25, 0.3) is 0 Å². The Bertz CT molecular complexity index is 307. The molecule has 0 atom stereocenters. The molecule has 1 aromatic rings. The van der Waals surface area contributed by atoms with Crippen LogP contribution in [0.4, 0.5) is 5.69 Å². The third-order valence-electron chi connectivity index (χ3n) is 2.25. The van der Waals surface area contributed by atoms with Crippen molar-refractivity contribution < 1.29 is 4.74 Å². The van der Waals surface area contributed by atoms with E-state index in [1.807, 2.05) is 7.05 Å². The maximum Gasteiger partial charge on any atom is 0.122 e. The molecular weight excluding hydrogens is 174 g/mol. The van der Waals surface area contributed by atoms with Gasteiger partial charge < -0.3 is 10.1 Å². The Labute approximate surface area is 86.3 Å². The minimum Gasteiger partial charge on any atom is -0.493 e. The quantitative estimate of drug-likeness (QED) is 0.793. The lowest BCUT2D eigenvalue weighted by molar-refractivity contribution is 0.315. The summed E-state index contributed by atoms with van der Waals surface area (Å²) in [5.41, 5.74) is 3.59. The Morgan fingerprint density at radius 2 is 1.93 bits per heavy atom. The second-order valence-electron chi connectivity index (χ2n) is 3.53. The Kier molecular flexibility index (Phi) is 3.81. The van der Waals surface area contributed by atoms with Crippen molar-refractivity contribution in [3.05, 3.63) is 23.3 Å². The van der Waals surface area contributed by atoms with Gasteiger partial charge in [0.1, 0.15) is 5.75 Å². The predicted molar refractivity (Wildman–Crippen MR) is 61.2 cm³/mol. The van der Waals surface area contributed by atoms with Crippen molar-refractivity contribution >= 4 is 5.69 Å². The van der Waals surface area contributed by atoms with Gasteiger partial charge in [0, 0.05) is 12.7 Å². The van der Waals surface area contributed by atoms with Gasteiger partial charge in [-0.05, 0) is 43.5 Å². The molecule has 0 aliphatic rings. The first-order valence-electron chi connectivity index (χ1n) is 5.10. The van der Waals surface area contributed by atoms with E-state index >= 15 is 0 Å². The van der Waals surface area contributed by atoms with Crippen molar-refractivity contribution in [2.45, 2.75) is 27.2 Å². The summed E-state index contributed by atoms with van der Waals surface area (Å²) in [5.74, 6) is 1.00. The molecule has 1 N–H and O–H groups in total. The van der Waals surface area contributed by atoms with E-state index in [0.717, 1.165) is 18.8 Å². The molecule has 0 fully saturated rings. The van der Waals surface area contributed by atoms with Crippen LogP contribution in [0.2, 0.25) is 0 Å². The van der Waals surface area contributed by atoms with E-state index in [9.17, 15) is 0 Å². The average Bonchev–Trinajstić information content (AvgIpc) is 2.18. The van der Waals surface area contributed by atoms with Crippen molar-refractivity contribution in [2.24, 2.45) is 0 Å². The van der Waals surface area contributed by atoms with Crippen LogP contribution in [-0.4, -0.2) is 13.7 Å². The first-order chi connectivity index (χ1) is 6.69. The van der Waals surface area contributed by atoms with Gasteiger partial charge >= 0.3 is 0 Å². The molecule has 14 heavy (non-hydrogen) atoms. The Morgan fingerprint density at radius 3 is 2.50 bits per heavy atom. The van der Waals surface area contributed by atoms with Crippen molar-refractivity contribution in [2.75, 3.05) is 19.0 Å². The molecule has 0 saturated heterocycles. The molecule has 2 nitrogen and oxygen atoms in total. The molecule has 1 aromatic carbocycles. The second-order valence-corrected chi connectivity index (χ2v) is 3.53. The molecule has 0 amide bonds. The molecule has 0 saturated carbocycles. The Morgan fingerprint density at radius 1 is 1.21 bits per heavy atom. The molecular formula is C12H19NO. The van der Waals surface area contributed by atoms with Crippen LogP contribution >= 0.6 is 0 Å². The van der Waals surface area contributed by atoms with Crippen molar-refractivity contribution in [3.63, 3.8) is 0 Å². The van der Waals surface area contributed by atoms with Crippen LogP contribution in [0, 0.1) is 13.8 Å². The lowest BCUT2D eigenvalue weighted by Gasteiger charge is -2.12. The Hall–Kier alpha value is -1.18. The normalized spacial score (nSPS) is 10.0.